The topological polar surface area (TPSA) is 59.5 Å². The third-order valence-corrected chi connectivity index (χ3v) is 2.58. The average molecular weight is 224 g/mol. The highest BCUT2D eigenvalue weighted by Crippen LogP contribution is 2.11. The van der Waals surface area contributed by atoms with Gasteiger partial charge in [0.25, 0.3) is 5.91 Å². The lowest BCUT2D eigenvalue weighted by Gasteiger charge is -2.23. The van der Waals surface area contributed by atoms with Gasteiger partial charge < -0.3 is 15.1 Å². The molecule has 1 heterocycles. The molecule has 0 aliphatic rings. The molecule has 2 N–H and O–H groups in total. The van der Waals surface area contributed by atoms with Crippen LogP contribution in [0.3, 0.4) is 0 Å². The number of nitrogens with zero attached hydrogens (tertiary/aromatic N) is 1. The van der Waals surface area contributed by atoms with Crippen molar-refractivity contribution in [2.75, 3.05) is 19.6 Å². The molecule has 4 nitrogen and oxygen atoms in total. The van der Waals surface area contributed by atoms with Crippen LogP contribution in [-0.2, 0) is 0 Å². The molecule has 90 valence electrons. The molecule has 0 aliphatic heterocycles. The number of rotatable bonds is 5. The van der Waals surface area contributed by atoms with E-state index in [0.29, 0.717) is 31.1 Å². The van der Waals surface area contributed by atoms with Crippen LogP contribution < -0.4 is 5.73 Å². The lowest BCUT2D eigenvalue weighted by atomic mass is 10.1. The Balaban J connectivity index is 2.69. The van der Waals surface area contributed by atoms with Gasteiger partial charge in [-0.25, -0.2) is 0 Å². The Bertz CT molecular complexity index is 347. The lowest BCUT2D eigenvalue weighted by Crippen LogP contribution is -2.36. The van der Waals surface area contributed by atoms with E-state index in [2.05, 4.69) is 0 Å². The molecule has 0 spiro atoms. The standard InChI is InChI=1S/C12H20N2O2/c1-4-14(7-9(2)6-13)12(15)11-5-10(3)16-8-11/h5,8-9H,4,6-7,13H2,1-3H3. The number of hydrogen-bond donors (Lipinski definition) is 1. The third kappa shape index (κ3) is 3.10. The zero-order chi connectivity index (χ0) is 12.1. The molecule has 0 bridgehead atoms. The van der Waals surface area contributed by atoms with Gasteiger partial charge in [-0.3, -0.25) is 4.79 Å². The van der Waals surface area contributed by atoms with Crippen LogP contribution in [-0.4, -0.2) is 30.4 Å². The summed E-state index contributed by atoms with van der Waals surface area (Å²) in [7, 11) is 0. The van der Waals surface area contributed by atoms with Gasteiger partial charge in [0.15, 0.2) is 0 Å². The van der Waals surface area contributed by atoms with E-state index in [1.807, 2.05) is 20.8 Å². The van der Waals surface area contributed by atoms with Gasteiger partial charge in [0.2, 0.25) is 0 Å². The molecule has 1 atom stereocenters. The number of nitrogens with two attached hydrogens (primary N) is 1. The van der Waals surface area contributed by atoms with Gasteiger partial charge in [0.05, 0.1) is 5.56 Å². The number of hydrogen-bond acceptors (Lipinski definition) is 3. The number of carbonyl (C=O) groups excluding carboxylic acids is 1. The minimum absolute atomic E-state index is 0.0136. The van der Waals surface area contributed by atoms with Gasteiger partial charge in [-0.2, -0.15) is 0 Å². The molecule has 0 radical (unpaired) electrons. The summed E-state index contributed by atoms with van der Waals surface area (Å²) in [4.78, 5) is 13.9. The van der Waals surface area contributed by atoms with Gasteiger partial charge in [-0.1, -0.05) is 6.92 Å². The molecule has 0 aromatic carbocycles. The Hall–Kier alpha value is -1.29. The van der Waals surface area contributed by atoms with Gasteiger partial charge in [-0.15, -0.1) is 0 Å². The predicted octanol–water partition coefficient (Wildman–Crippen LogP) is 1.64. The van der Waals surface area contributed by atoms with E-state index in [-0.39, 0.29) is 5.91 Å². The van der Waals surface area contributed by atoms with E-state index < -0.39 is 0 Å². The zero-order valence-corrected chi connectivity index (χ0v) is 10.2. The van der Waals surface area contributed by atoms with Crippen LogP contribution >= 0.6 is 0 Å². The van der Waals surface area contributed by atoms with Crippen molar-refractivity contribution in [3.8, 4) is 0 Å². The number of amides is 1. The van der Waals surface area contributed by atoms with Crippen molar-refractivity contribution in [1.29, 1.82) is 0 Å². The maximum atomic E-state index is 12.1. The summed E-state index contributed by atoms with van der Waals surface area (Å²) >= 11 is 0. The molecule has 1 amide bonds. The fourth-order valence-corrected chi connectivity index (χ4v) is 1.54. The summed E-state index contributed by atoms with van der Waals surface area (Å²) in [6.07, 6.45) is 1.51. The predicted molar refractivity (Wildman–Crippen MR) is 63.2 cm³/mol. The molecule has 1 rings (SSSR count). The highest BCUT2D eigenvalue weighted by atomic mass is 16.3. The Morgan fingerprint density at radius 1 is 1.62 bits per heavy atom. The summed E-state index contributed by atoms with van der Waals surface area (Å²) < 4.78 is 5.14. The normalized spacial score (nSPS) is 12.5. The first kappa shape index (κ1) is 12.8. The Kier molecular flexibility index (Phi) is 4.55. The summed E-state index contributed by atoms with van der Waals surface area (Å²) in [6, 6.07) is 1.76. The van der Waals surface area contributed by atoms with Gasteiger partial charge in [0, 0.05) is 13.1 Å². The molecule has 0 aliphatic carbocycles. The lowest BCUT2D eigenvalue weighted by molar-refractivity contribution is 0.0743. The minimum atomic E-state index is 0.0136. The van der Waals surface area contributed by atoms with E-state index in [0.717, 1.165) is 5.76 Å². The van der Waals surface area contributed by atoms with E-state index in [1.165, 1.54) is 6.26 Å². The fourth-order valence-electron chi connectivity index (χ4n) is 1.54. The van der Waals surface area contributed by atoms with Crippen LogP contribution in [0.15, 0.2) is 16.7 Å². The Labute approximate surface area is 96.4 Å². The monoisotopic (exact) mass is 224 g/mol. The smallest absolute Gasteiger partial charge is 0.257 e. The van der Waals surface area contributed by atoms with Crippen molar-refractivity contribution >= 4 is 5.91 Å². The third-order valence-electron chi connectivity index (χ3n) is 2.58. The summed E-state index contributed by atoms with van der Waals surface area (Å²) in [5.74, 6) is 1.09. The van der Waals surface area contributed by atoms with E-state index in [1.54, 1.807) is 11.0 Å². The molecule has 0 saturated heterocycles. The SMILES string of the molecule is CCN(CC(C)CN)C(=O)c1coc(C)c1. The maximum Gasteiger partial charge on any atom is 0.257 e. The maximum absolute atomic E-state index is 12.1. The molecule has 0 fully saturated rings. The Morgan fingerprint density at radius 3 is 2.75 bits per heavy atom. The highest BCUT2D eigenvalue weighted by Gasteiger charge is 2.17. The second kappa shape index (κ2) is 5.70. The minimum Gasteiger partial charge on any atom is -0.469 e. The van der Waals surface area contributed by atoms with Crippen LogP contribution in [0.25, 0.3) is 0 Å². The highest BCUT2D eigenvalue weighted by molar-refractivity contribution is 5.94. The summed E-state index contributed by atoms with van der Waals surface area (Å²) in [6.45, 7) is 7.80. The van der Waals surface area contributed by atoms with Crippen molar-refractivity contribution in [2.24, 2.45) is 11.7 Å². The number of carbonyl (C=O) groups is 1. The van der Waals surface area contributed by atoms with E-state index in [9.17, 15) is 4.79 Å². The van der Waals surface area contributed by atoms with Crippen LogP contribution in [0, 0.1) is 12.8 Å². The van der Waals surface area contributed by atoms with Crippen molar-refractivity contribution in [2.45, 2.75) is 20.8 Å². The second-order valence-electron chi connectivity index (χ2n) is 4.13. The van der Waals surface area contributed by atoms with E-state index in [4.69, 9.17) is 10.2 Å². The van der Waals surface area contributed by atoms with Crippen LogP contribution in [0.1, 0.15) is 30.0 Å². The molecule has 4 heteroatoms. The van der Waals surface area contributed by atoms with Gasteiger partial charge in [0.1, 0.15) is 12.0 Å². The molecule has 16 heavy (non-hydrogen) atoms. The molecule has 1 aromatic rings. The average Bonchev–Trinajstić information content (AvgIpc) is 2.71. The first-order valence-corrected chi connectivity index (χ1v) is 5.63. The number of furan rings is 1. The first-order chi connectivity index (χ1) is 7.58. The Morgan fingerprint density at radius 2 is 2.31 bits per heavy atom. The van der Waals surface area contributed by atoms with Crippen molar-refractivity contribution in [1.82, 2.24) is 4.90 Å². The molecule has 1 aromatic heterocycles. The summed E-state index contributed by atoms with van der Waals surface area (Å²) in [5, 5.41) is 0. The zero-order valence-electron chi connectivity index (χ0n) is 10.2. The quantitative estimate of drug-likeness (QED) is 0.827. The first-order valence-electron chi connectivity index (χ1n) is 5.63. The number of aryl methyl sites for hydroxylation is 1. The van der Waals surface area contributed by atoms with Gasteiger partial charge in [-0.05, 0) is 32.4 Å². The molecule has 0 saturated carbocycles. The molecular weight excluding hydrogens is 204 g/mol. The van der Waals surface area contributed by atoms with Crippen LogP contribution in [0.2, 0.25) is 0 Å². The summed E-state index contributed by atoms with van der Waals surface area (Å²) in [5.41, 5.74) is 6.18. The second-order valence-corrected chi connectivity index (χ2v) is 4.13. The molecular formula is C12H20N2O2. The van der Waals surface area contributed by atoms with Crippen molar-refractivity contribution in [3.63, 3.8) is 0 Å². The fraction of sp³-hybridized carbons (Fsp3) is 0.583. The largest absolute Gasteiger partial charge is 0.469 e. The van der Waals surface area contributed by atoms with E-state index >= 15 is 0 Å². The van der Waals surface area contributed by atoms with Crippen molar-refractivity contribution in [3.05, 3.63) is 23.7 Å². The van der Waals surface area contributed by atoms with Crippen LogP contribution in [0.4, 0.5) is 0 Å². The molecule has 1 unspecified atom stereocenters. The van der Waals surface area contributed by atoms with Gasteiger partial charge >= 0.3 is 0 Å². The van der Waals surface area contributed by atoms with Crippen LogP contribution in [0.5, 0.6) is 0 Å². The van der Waals surface area contributed by atoms with Crippen molar-refractivity contribution < 1.29 is 9.21 Å².